The standard InChI is InChI=1S/C8H20O2Si/c1-8(2,3)11(6-9-4)7-10-5/h11H,6-7H2,1-5H3. The fourth-order valence-electron chi connectivity index (χ4n) is 0.950. The van der Waals surface area contributed by atoms with Crippen molar-refractivity contribution in [3.8, 4) is 0 Å². The van der Waals surface area contributed by atoms with Gasteiger partial charge in [-0.15, -0.1) is 0 Å². The topological polar surface area (TPSA) is 18.5 Å². The Kier molecular flexibility index (Phi) is 4.96. The number of rotatable bonds is 4. The summed E-state index contributed by atoms with van der Waals surface area (Å²) in [7, 11) is 2.66. The summed E-state index contributed by atoms with van der Waals surface area (Å²) >= 11 is 0. The van der Waals surface area contributed by atoms with E-state index >= 15 is 0 Å². The summed E-state index contributed by atoms with van der Waals surface area (Å²) in [6, 6.07) is 0. The Balaban J connectivity index is 3.88. The van der Waals surface area contributed by atoms with Crippen molar-refractivity contribution >= 4 is 8.80 Å². The van der Waals surface area contributed by atoms with E-state index in [-0.39, 0.29) is 0 Å². The van der Waals surface area contributed by atoms with Gasteiger partial charge < -0.3 is 9.47 Å². The van der Waals surface area contributed by atoms with Gasteiger partial charge in [0.2, 0.25) is 0 Å². The Hall–Kier alpha value is 0.137. The lowest BCUT2D eigenvalue weighted by atomic mass is 10.2. The third-order valence-corrected chi connectivity index (χ3v) is 5.88. The maximum atomic E-state index is 5.16. The van der Waals surface area contributed by atoms with E-state index in [0.29, 0.717) is 5.04 Å². The molecule has 0 aliphatic carbocycles. The molecule has 0 aliphatic heterocycles. The smallest absolute Gasteiger partial charge is 0.103 e. The predicted octanol–water partition coefficient (Wildman–Crippen LogP) is 1.38. The zero-order valence-electron chi connectivity index (χ0n) is 8.31. The quantitative estimate of drug-likeness (QED) is 0.603. The van der Waals surface area contributed by atoms with Crippen molar-refractivity contribution in [3.05, 3.63) is 0 Å². The molecule has 0 saturated heterocycles. The highest BCUT2D eigenvalue weighted by Crippen LogP contribution is 2.26. The summed E-state index contributed by atoms with van der Waals surface area (Å²) in [6.07, 6.45) is 1.83. The van der Waals surface area contributed by atoms with Crippen LogP contribution in [-0.4, -0.2) is 35.5 Å². The number of methoxy groups -OCH3 is 2. The molecule has 11 heavy (non-hydrogen) atoms. The van der Waals surface area contributed by atoms with E-state index in [2.05, 4.69) is 20.8 Å². The second-order valence-corrected chi connectivity index (χ2v) is 7.77. The van der Waals surface area contributed by atoms with Crippen LogP contribution in [0.1, 0.15) is 20.8 Å². The van der Waals surface area contributed by atoms with Gasteiger partial charge in [0.05, 0.1) is 0 Å². The van der Waals surface area contributed by atoms with Crippen LogP contribution in [0.4, 0.5) is 0 Å². The number of ether oxygens (including phenoxy) is 2. The van der Waals surface area contributed by atoms with Crippen molar-refractivity contribution in [2.75, 3.05) is 26.7 Å². The van der Waals surface area contributed by atoms with Gasteiger partial charge in [0.15, 0.2) is 0 Å². The fraction of sp³-hybridized carbons (Fsp3) is 1.00. The molecule has 0 aliphatic rings. The monoisotopic (exact) mass is 176 g/mol. The van der Waals surface area contributed by atoms with Crippen molar-refractivity contribution in [1.82, 2.24) is 0 Å². The molecular weight excluding hydrogens is 156 g/mol. The molecule has 3 heteroatoms. The Labute approximate surface area is 71.5 Å². The van der Waals surface area contributed by atoms with Gasteiger partial charge in [-0.3, -0.25) is 0 Å². The summed E-state index contributed by atoms with van der Waals surface area (Å²) in [5.74, 6) is 0. The Morgan fingerprint density at radius 3 is 1.55 bits per heavy atom. The van der Waals surface area contributed by atoms with E-state index in [1.54, 1.807) is 14.2 Å². The third-order valence-electron chi connectivity index (χ3n) is 1.96. The van der Waals surface area contributed by atoms with Gasteiger partial charge in [-0.2, -0.15) is 0 Å². The first-order valence-corrected chi connectivity index (χ1v) is 6.21. The van der Waals surface area contributed by atoms with Crippen LogP contribution >= 0.6 is 0 Å². The number of hydrogen-bond acceptors (Lipinski definition) is 2. The highest BCUT2D eigenvalue weighted by molar-refractivity contribution is 6.61. The van der Waals surface area contributed by atoms with Crippen molar-refractivity contribution in [2.24, 2.45) is 0 Å². The van der Waals surface area contributed by atoms with Crippen LogP contribution < -0.4 is 0 Å². The molecule has 0 aromatic rings. The van der Waals surface area contributed by atoms with Gasteiger partial charge in [-0.1, -0.05) is 20.8 Å². The average Bonchev–Trinajstić information content (AvgIpc) is 1.85. The van der Waals surface area contributed by atoms with Crippen LogP contribution in [0.25, 0.3) is 0 Å². The molecule has 2 nitrogen and oxygen atoms in total. The fourth-order valence-corrected chi connectivity index (χ4v) is 2.85. The first kappa shape index (κ1) is 11.1. The molecule has 0 atom stereocenters. The van der Waals surface area contributed by atoms with E-state index in [1.165, 1.54) is 0 Å². The molecule has 0 bridgehead atoms. The van der Waals surface area contributed by atoms with Crippen LogP contribution in [0.2, 0.25) is 5.04 Å². The van der Waals surface area contributed by atoms with Gasteiger partial charge in [0.25, 0.3) is 0 Å². The zero-order chi connectivity index (χ0) is 8.91. The summed E-state index contributed by atoms with van der Waals surface area (Å²) in [4.78, 5) is 0. The lowest BCUT2D eigenvalue weighted by Gasteiger charge is -2.27. The highest BCUT2D eigenvalue weighted by atomic mass is 28.3. The lowest BCUT2D eigenvalue weighted by Crippen LogP contribution is -2.36. The highest BCUT2D eigenvalue weighted by Gasteiger charge is 2.25. The van der Waals surface area contributed by atoms with Gasteiger partial charge in [0.1, 0.15) is 8.80 Å². The second-order valence-electron chi connectivity index (χ2n) is 3.97. The minimum atomic E-state index is -0.867. The molecular formula is C8H20O2Si. The SMILES string of the molecule is COC[SiH](COC)C(C)(C)C. The predicted molar refractivity (Wildman–Crippen MR) is 50.6 cm³/mol. The molecule has 0 unspecified atom stereocenters. The molecule has 0 N–H and O–H groups in total. The average molecular weight is 176 g/mol. The van der Waals surface area contributed by atoms with Crippen molar-refractivity contribution in [1.29, 1.82) is 0 Å². The Morgan fingerprint density at radius 1 is 1.00 bits per heavy atom. The van der Waals surface area contributed by atoms with Gasteiger partial charge in [0, 0.05) is 26.7 Å². The van der Waals surface area contributed by atoms with Gasteiger partial charge in [-0.25, -0.2) is 0 Å². The minimum Gasteiger partial charge on any atom is -0.388 e. The number of hydrogen-bond donors (Lipinski definition) is 0. The van der Waals surface area contributed by atoms with Crippen LogP contribution in [0, 0.1) is 0 Å². The van der Waals surface area contributed by atoms with E-state index in [4.69, 9.17) is 9.47 Å². The minimum absolute atomic E-state index is 0.409. The molecule has 0 radical (unpaired) electrons. The maximum Gasteiger partial charge on any atom is 0.103 e. The largest absolute Gasteiger partial charge is 0.388 e. The molecule has 0 aromatic carbocycles. The lowest BCUT2D eigenvalue weighted by molar-refractivity contribution is 0.217. The molecule has 0 amide bonds. The summed E-state index contributed by atoms with van der Waals surface area (Å²) in [5.41, 5.74) is 0. The maximum absolute atomic E-state index is 5.16. The Morgan fingerprint density at radius 2 is 1.36 bits per heavy atom. The normalized spacial score (nSPS) is 12.5. The van der Waals surface area contributed by atoms with Crippen LogP contribution in [0.5, 0.6) is 0 Å². The van der Waals surface area contributed by atoms with E-state index in [0.717, 1.165) is 12.5 Å². The molecule has 68 valence electrons. The van der Waals surface area contributed by atoms with Gasteiger partial charge >= 0.3 is 0 Å². The molecule has 0 heterocycles. The summed E-state index contributed by atoms with van der Waals surface area (Å²) < 4.78 is 10.3. The van der Waals surface area contributed by atoms with Crippen LogP contribution in [0.15, 0.2) is 0 Å². The summed E-state index contributed by atoms with van der Waals surface area (Å²) in [6.45, 7) is 6.80. The molecule has 0 aromatic heterocycles. The van der Waals surface area contributed by atoms with Crippen molar-refractivity contribution in [3.63, 3.8) is 0 Å². The molecule has 0 fully saturated rings. The third kappa shape index (κ3) is 4.56. The van der Waals surface area contributed by atoms with E-state index in [1.807, 2.05) is 0 Å². The molecule has 0 saturated carbocycles. The summed E-state index contributed by atoms with van der Waals surface area (Å²) in [5, 5.41) is 0.409. The van der Waals surface area contributed by atoms with Crippen molar-refractivity contribution in [2.45, 2.75) is 25.8 Å². The second kappa shape index (κ2) is 4.90. The van der Waals surface area contributed by atoms with Crippen LogP contribution in [0.3, 0.4) is 0 Å². The van der Waals surface area contributed by atoms with E-state index < -0.39 is 8.80 Å². The first-order valence-electron chi connectivity index (χ1n) is 4.00. The molecule has 0 spiro atoms. The van der Waals surface area contributed by atoms with Crippen LogP contribution in [-0.2, 0) is 9.47 Å². The Bertz CT molecular complexity index is 92.8. The molecule has 0 rings (SSSR count). The zero-order valence-corrected chi connectivity index (χ0v) is 9.46. The van der Waals surface area contributed by atoms with E-state index in [9.17, 15) is 0 Å². The van der Waals surface area contributed by atoms with Gasteiger partial charge in [-0.05, 0) is 5.04 Å². The first-order chi connectivity index (χ1) is 5.02. The van der Waals surface area contributed by atoms with Crippen molar-refractivity contribution < 1.29 is 9.47 Å².